The Morgan fingerprint density at radius 1 is 0.596 bits per heavy atom. The predicted octanol–water partition coefficient (Wildman–Crippen LogP) is 11.2. The van der Waals surface area contributed by atoms with Gasteiger partial charge in [-0.3, -0.25) is 0 Å². The summed E-state index contributed by atoms with van der Waals surface area (Å²) in [4.78, 5) is 5.40. The third-order valence-electron chi connectivity index (χ3n) is 9.25. The molecule has 1 unspecified atom stereocenters. The lowest BCUT2D eigenvalue weighted by molar-refractivity contribution is 0.670. The van der Waals surface area contributed by atoms with Crippen molar-refractivity contribution in [1.82, 2.24) is 5.32 Å². The summed E-state index contributed by atoms with van der Waals surface area (Å²) in [6, 6.07) is 53.1. The van der Waals surface area contributed by atoms with E-state index in [2.05, 4.69) is 151 Å². The number of benzene rings is 7. The van der Waals surface area contributed by atoms with E-state index in [1.165, 1.54) is 27.1 Å². The molecule has 3 heteroatoms. The normalized spacial score (nSPS) is 14.9. The van der Waals surface area contributed by atoms with Crippen LogP contribution in [0.2, 0.25) is 0 Å². The molecule has 3 nitrogen and oxygen atoms in total. The molecule has 1 aliphatic rings. The third-order valence-corrected chi connectivity index (χ3v) is 9.25. The van der Waals surface area contributed by atoms with Gasteiger partial charge in [0, 0.05) is 27.5 Å². The monoisotopic (exact) mass is 602 g/mol. The van der Waals surface area contributed by atoms with Crippen LogP contribution in [-0.4, -0.2) is 5.84 Å². The molecule has 0 bridgehead atoms. The van der Waals surface area contributed by atoms with Gasteiger partial charge < -0.3 is 9.73 Å². The number of aliphatic imine (C=N–C) groups is 1. The molecule has 0 saturated carbocycles. The van der Waals surface area contributed by atoms with E-state index in [1.54, 1.807) is 0 Å². The second kappa shape index (κ2) is 11.0. The average molecular weight is 603 g/mol. The van der Waals surface area contributed by atoms with Gasteiger partial charge in [0.15, 0.2) is 0 Å². The van der Waals surface area contributed by atoms with Crippen LogP contribution < -0.4 is 5.32 Å². The predicted molar refractivity (Wildman–Crippen MR) is 196 cm³/mol. The number of furan rings is 1. The largest absolute Gasteiger partial charge is 0.455 e. The Kier molecular flexibility index (Phi) is 6.38. The Labute approximate surface area is 272 Å². The second-order valence-corrected chi connectivity index (χ2v) is 12.2. The average Bonchev–Trinajstić information content (AvgIpc) is 3.43. The summed E-state index contributed by atoms with van der Waals surface area (Å²) < 4.78 is 6.61. The fraction of sp³-hybridized carbons (Fsp3) is 0.0455. The lowest BCUT2D eigenvalue weighted by Crippen LogP contribution is -2.29. The number of amidine groups is 1. The van der Waals surface area contributed by atoms with Crippen LogP contribution in [0.25, 0.3) is 60.3 Å². The molecule has 0 saturated heterocycles. The fourth-order valence-electron chi connectivity index (χ4n) is 6.88. The fourth-order valence-corrected chi connectivity index (χ4v) is 6.88. The molecular weight excluding hydrogens is 572 g/mol. The molecule has 222 valence electrons. The number of rotatable bonds is 4. The van der Waals surface area contributed by atoms with Gasteiger partial charge in [0.25, 0.3) is 0 Å². The standard InChI is InChI=1S/C44H30N2O/c1-28-25-39(37-24-23-36(31-13-3-2-4-14-31)43-41(37)38-17-9-10-18-40(38)47-43)45-44(35-22-20-30-12-6-8-16-33(30)27-35)46-42(28)34-21-19-29-11-5-7-15-32(29)26-34/h2-24,26-27,42H,1H3,(H,45,46). The number of nitrogens with one attached hydrogen (secondary N) is 1. The minimum Gasteiger partial charge on any atom is -0.455 e. The van der Waals surface area contributed by atoms with E-state index in [-0.39, 0.29) is 6.04 Å². The highest BCUT2D eigenvalue weighted by Gasteiger charge is 2.24. The van der Waals surface area contributed by atoms with Crippen LogP contribution in [0.5, 0.6) is 0 Å². The van der Waals surface area contributed by atoms with Crippen LogP contribution in [0.4, 0.5) is 0 Å². The third kappa shape index (κ3) is 4.73. The number of para-hydroxylation sites is 1. The summed E-state index contributed by atoms with van der Waals surface area (Å²) in [5.41, 5.74) is 12.7. The van der Waals surface area contributed by atoms with Gasteiger partial charge in [0.05, 0.1) is 6.04 Å². The molecule has 1 aromatic heterocycles. The molecule has 2 heterocycles. The molecule has 0 fully saturated rings. The second-order valence-electron chi connectivity index (χ2n) is 12.2. The molecule has 0 amide bonds. The summed E-state index contributed by atoms with van der Waals surface area (Å²) in [6.45, 7) is 2.15. The molecule has 1 N–H and O–H groups in total. The molecule has 8 aromatic rings. The zero-order chi connectivity index (χ0) is 31.3. The maximum Gasteiger partial charge on any atom is 0.143 e. The Morgan fingerprint density at radius 2 is 1.26 bits per heavy atom. The first kappa shape index (κ1) is 27.2. The summed E-state index contributed by atoms with van der Waals surface area (Å²) in [5.74, 6) is 0.807. The van der Waals surface area contributed by atoms with Gasteiger partial charge in [-0.15, -0.1) is 0 Å². The van der Waals surface area contributed by atoms with Crippen molar-refractivity contribution in [3.63, 3.8) is 0 Å². The van der Waals surface area contributed by atoms with Gasteiger partial charge in [-0.25, -0.2) is 4.99 Å². The molecule has 1 atom stereocenters. The molecule has 0 aliphatic carbocycles. The van der Waals surface area contributed by atoms with E-state index in [9.17, 15) is 0 Å². The van der Waals surface area contributed by atoms with Crippen molar-refractivity contribution >= 4 is 55.0 Å². The van der Waals surface area contributed by atoms with Crippen LogP contribution >= 0.6 is 0 Å². The van der Waals surface area contributed by atoms with Crippen LogP contribution in [0.1, 0.15) is 29.7 Å². The van der Waals surface area contributed by atoms with E-state index in [4.69, 9.17) is 9.41 Å². The smallest absolute Gasteiger partial charge is 0.143 e. The van der Waals surface area contributed by atoms with Crippen molar-refractivity contribution in [3.8, 4) is 11.1 Å². The molecule has 0 radical (unpaired) electrons. The molecule has 7 aromatic carbocycles. The first-order valence-corrected chi connectivity index (χ1v) is 16.0. The molecule has 47 heavy (non-hydrogen) atoms. The van der Waals surface area contributed by atoms with Gasteiger partial charge in [0.1, 0.15) is 22.7 Å². The highest BCUT2D eigenvalue weighted by Crippen LogP contribution is 2.41. The first-order chi connectivity index (χ1) is 23.2. The van der Waals surface area contributed by atoms with Gasteiger partial charge in [-0.05, 0) is 69.4 Å². The quantitative estimate of drug-likeness (QED) is 0.204. The number of hydrogen-bond acceptors (Lipinski definition) is 3. The Bertz CT molecular complexity index is 2600. The molecule has 0 spiro atoms. The van der Waals surface area contributed by atoms with Crippen molar-refractivity contribution in [2.24, 2.45) is 4.99 Å². The zero-order valence-electron chi connectivity index (χ0n) is 25.9. The Hall–Kier alpha value is -6.15. The van der Waals surface area contributed by atoms with Gasteiger partial charge in [-0.1, -0.05) is 133 Å². The highest BCUT2D eigenvalue weighted by molar-refractivity contribution is 6.15. The molecule has 1 aliphatic heterocycles. The van der Waals surface area contributed by atoms with E-state index in [1.807, 2.05) is 18.2 Å². The topological polar surface area (TPSA) is 37.5 Å². The van der Waals surface area contributed by atoms with Crippen LogP contribution in [0, 0.1) is 0 Å². The SMILES string of the molecule is CC1=C=C(c2ccc(-c3ccccc3)c3oc4ccccc4c23)N=C(c2ccc3ccccc3c2)NC1c1ccc2ccccc2c1. The van der Waals surface area contributed by atoms with Gasteiger partial charge >= 0.3 is 0 Å². The van der Waals surface area contributed by atoms with Crippen molar-refractivity contribution < 1.29 is 4.42 Å². The van der Waals surface area contributed by atoms with Crippen LogP contribution in [0.15, 0.2) is 172 Å². The van der Waals surface area contributed by atoms with Crippen LogP contribution in [0.3, 0.4) is 0 Å². The lowest BCUT2D eigenvalue weighted by atomic mass is 9.95. The van der Waals surface area contributed by atoms with E-state index >= 15 is 0 Å². The number of fused-ring (bicyclic) bond motifs is 5. The Balaban J connectivity index is 1.31. The first-order valence-electron chi connectivity index (χ1n) is 16.0. The number of hydrogen-bond donors (Lipinski definition) is 1. The number of nitrogens with zero attached hydrogens (tertiary/aromatic N) is 1. The van der Waals surface area contributed by atoms with Gasteiger partial charge in [0.2, 0.25) is 0 Å². The van der Waals surface area contributed by atoms with Crippen molar-refractivity contribution in [2.75, 3.05) is 0 Å². The molecule has 9 rings (SSSR count). The minimum atomic E-state index is -0.123. The maximum absolute atomic E-state index is 6.61. The minimum absolute atomic E-state index is 0.123. The van der Waals surface area contributed by atoms with Gasteiger partial charge in [-0.2, -0.15) is 0 Å². The summed E-state index contributed by atoms with van der Waals surface area (Å²) in [7, 11) is 0. The summed E-state index contributed by atoms with van der Waals surface area (Å²) in [6.07, 6.45) is 0. The van der Waals surface area contributed by atoms with E-state index < -0.39 is 0 Å². The lowest BCUT2D eigenvalue weighted by Gasteiger charge is -2.21. The van der Waals surface area contributed by atoms with Crippen molar-refractivity contribution in [3.05, 3.63) is 180 Å². The van der Waals surface area contributed by atoms with Crippen LogP contribution in [-0.2, 0) is 0 Å². The molecular formula is C44H30N2O. The van der Waals surface area contributed by atoms with E-state index in [0.717, 1.165) is 61.3 Å². The van der Waals surface area contributed by atoms with Crippen molar-refractivity contribution in [1.29, 1.82) is 0 Å². The maximum atomic E-state index is 6.61. The zero-order valence-corrected chi connectivity index (χ0v) is 25.9. The Morgan fingerprint density at radius 3 is 2.06 bits per heavy atom. The van der Waals surface area contributed by atoms with E-state index in [0.29, 0.717) is 0 Å². The summed E-state index contributed by atoms with van der Waals surface area (Å²) in [5, 5.41) is 10.8. The highest BCUT2D eigenvalue weighted by atomic mass is 16.3. The van der Waals surface area contributed by atoms with Crippen molar-refractivity contribution in [2.45, 2.75) is 13.0 Å². The summed E-state index contributed by atoms with van der Waals surface area (Å²) >= 11 is 0.